The van der Waals surface area contributed by atoms with E-state index in [0.29, 0.717) is 12.0 Å². The van der Waals surface area contributed by atoms with Gasteiger partial charge >= 0.3 is 0 Å². The van der Waals surface area contributed by atoms with Gasteiger partial charge in [0.25, 0.3) is 0 Å². The van der Waals surface area contributed by atoms with Gasteiger partial charge in [-0.2, -0.15) is 0 Å². The van der Waals surface area contributed by atoms with Crippen LogP contribution in [0.4, 0.5) is 0 Å². The van der Waals surface area contributed by atoms with Crippen molar-refractivity contribution in [3.63, 3.8) is 0 Å². The normalized spacial score (nSPS) is 30.3. The zero-order valence-electron chi connectivity index (χ0n) is 16.3. The summed E-state index contributed by atoms with van der Waals surface area (Å²) < 4.78 is 0. The first-order valence-electron chi connectivity index (χ1n) is 10.5. The van der Waals surface area contributed by atoms with Crippen LogP contribution in [0.5, 0.6) is 0 Å². The van der Waals surface area contributed by atoms with Crippen molar-refractivity contribution in [1.82, 2.24) is 9.80 Å². The van der Waals surface area contributed by atoms with E-state index in [9.17, 15) is 10.2 Å². The van der Waals surface area contributed by atoms with Gasteiger partial charge in [0.2, 0.25) is 0 Å². The minimum Gasteiger partial charge on any atom is -0.395 e. The van der Waals surface area contributed by atoms with Gasteiger partial charge in [0.05, 0.1) is 6.61 Å². The lowest BCUT2D eigenvalue weighted by Crippen LogP contribution is -2.67. The van der Waals surface area contributed by atoms with Crippen LogP contribution in [0.1, 0.15) is 49.7 Å². The fraction of sp³-hybridized carbons (Fsp3) is 0.652. The molecule has 2 saturated heterocycles. The molecular formula is C23H32N2O2. The molecule has 0 aromatic heterocycles. The van der Waals surface area contributed by atoms with Crippen LogP contribution < -0.4 is 0 Å². The molecule has 3 fully saturated rings. The van der Waals surface area contributed by atoms with Crippen LogP contribution in [0.25, 0.3) is 0 Å². The van der Waals surface area contributed by atoms with Crippen molar-refractivity contribution < 1.29 is 10.2 Å². The smallest absolute Gasteiger partial charge is 0.112 e. The molecule has 2 aliphatic heterocycles. The Balaban J connectivity index is 1.50. The number of hydrogen-bond donors (Lipinski definition) is 2. The summed E-state index contributed by atoms with van der Waals surface area (Å²) in [7, 11) is 0. The van der Waals surface area contributed by atoms with Gasteiger partial charge in [-0.1, -0.05) is 24.0 Å². The Hall–Kier alpha value is -1.38. The van der Waals surface area contributed by atoms with Crippen LogP contribution in [-0.2, 0) is 0 Å². The van der Waals surface area contributed by atoms with Crippen molar-refractivity contribution in [2.75, 3.05) is 32.8 Å². The second-order valence-corrected chi connectivity index (χ2v) is 8.56. The third-order valence-electron chi connectivity index (χ3n) is 6.39. The van der Waals surface area contributed by atoms with Gasteiger partial charge in [0, 0.05) is 36.7 Å². The van der Waals surface area contributed by atoms with Crippen molar-refractivity contribution in [3.05, 3.63) is 35.4 Å². The molecular weight excluding hydrogens is 336 g/mol. The summed E-state index contributed by atoms with van der Waals surface area (Å²) in [6.45, 7) is 6.63. The van der Waals surface area contributed by atoms with Gasteiger partial charge in [0.1, 0.15) is 6.10 Å². The predicted octanol–water partition coefficient (Wildman–Crippen LogP) is 2.05. The van der Waals surface area contributed by atoms with E-state index < -0.39 is 6.10 Å². The lowest BCUT2D eigenvalue weighted by atomic mass is 9.74. The highest BCUT2D eigenvalue weighted by Crippen LogP contribution is 2.42. The highest BCUT2D eigenvalue weighted by atomic mass is 16.3. The Bertz CT molecular complexity index is 687. The van der Waals surface area contributed by atoms with Crippen LogP contribution in [0, 0.1) is 17.8 Å². The molecule has 3 aliphatic rings. The molecule has 0 unspecified atom stereocenters. The van der Waals surface area contributed by atoms with Gasteiger partial charge in [-0.3, -0.25) is 4.90 Å². The minimum absolute atomic E-state index is 0.230. The average Bonchev–Trinajstić information content (AvgIpc) is 3.45. The molecule has 0 spiro atoms. The molecule has 0 radical (unpaired) electrons. The second-order valence-electron chi connectivity index (χ2n) is 8.56. The number of aliphatic hydroxyl groups excluding tert-OH is 2. The SMILES string of the molecule is C[C@H](O)C#Cc1ccc([C@@H]2[C@@H](CO)N3CCCCN(CC4CC4)C[C@@H]23)cc1. The second kappa shape index (κ2) is 8.32. The molecule has 1 aromatic rings. The van der Waals surface area contributed by atoms with E-state index in [0.717, 1.165) is 24.6 Å². The van der Waals surface area contributed by atoms with Gasteiger partial charge in [-0.05, 0) is 69.3 Å². The summed E-state index contributed by atoms with van der Waals surface area (Å²) in [5.74, 6) is 7.14. The maximum absolute atomic E-state index is 10.0. The zero-order valence-corrected chi connectivity index (χ0v) is 16.3. The number of rotatable bonds is 4. The molecule has 2 N–H and O–H groups in total. The lowest BCUT2D eigenvalue weighted by Gasteiger charge is -2.57. The summed E-state index contributed by atoms with van der Waals surface area (Å²) in [6, 6.07) is 9.18. The molecule has 4 nitrogen and oxygen atoms in total. The van der Waals surface area contributed by atoms with E-state index in [1.807, 2.05) is 12.1 Å². The predicted molar refractivity (Wildman–Crippen MR) is 108 cm³/mol. The van der Waals surface area contributed by atoms with Crippen molar-refractivity contribution in [1.29, 1.82) is 0 Å². The lowest BCUT2D eigenvalue weighted by molar-refractivity contribution is -0.0649. The van der Waals surface area contributed by atoms with Crippen LogP contribution in [0.15, 0.2) is 24.3 Å². The molecule has 1 aliphatic carbocycles. The largest absolute Gasteiger partial charge is 0.395 e. The summed E-state index contributed by atoms with van der Waals surface area (Å²) in [5.41, 5.74) is 2.24. The van der Waals surface area contributed by atoms with Crippen molar-refractivity contribution >= 4 is 0 Å². The third kappa shape index (κ3) is 4.38. The Kier molecular flexibility index (Phi) is 5.85. The van der Waals surface area contributed by atoms with E-state index in [4.69, 9.17) is 0 Å². The van der Waals surface area contributed by atoms with Gasteiger partial charge in [0.15, 0.2) is 0 Å². The van der Waals surface area contributed by atoms with Gasteiger partial charge in [-0.25, -0.2) is 0 Å². The quantitative estimate of drug-likeness (QED) is 0.799. The third-order valence-corrected chi connectivity index (χ3v) is 6.39. The van der Waals surface area contributed by atoms with Crippen molar-refractivity contribution in [3.8, 4) is 11.8 Å². The standard InChI is InChI=1S/C23H32N2O2/c1-17(27)4-5-18-8-10-20(11-9-18)23-21-15-24(14-19-6-7-19)12-2-3-13-25(21)22(23)16-26/h8-11,17,19,21-23,26-27H,2-3,6-7,12-16H2,1H3/t17-,21-,22+,23-/m0/s1. The first kappa shape index (κ1) is 19.0. The molecule has 0 bridgehead atoms. The molecule has 2 heterocycles. The fourth-order valence-corrected chi connectivity index (χ4v) is 4.82. The first-order chi connectivity index (χ1) is 13.2. The number of aliphatic hydroxyl groups is 2. The molecule has 0 amide bonds. The van der Waals surface area contributed by atoms with Crippen LogP contribution in [0.3, 0.4) is 0 Å². The minimum atomic E-state index is -0.601. The fourth-order valence-electron chi connectivity index (χ4n) is 4.82. The van der Waals surface area contributed by atoms with Crippen molar-refractivity contribution in [2.24, 2.45) is 5.92 Å². The van der Waals surface area contributed by atoms with E-state index in [1.165, 1.54) is 44.3 Å². The molecule has 4 rings (SSSR count). The Morgan fingerprint density at radius 3 is 2.56 bits per heavy atom. The number of nitrogens with zero attached hydrogens (tertiary/aromatic N) is 2. The van der Waals surface area contributed by atoms with E-state index in [2.05, 4.69) is 33.8 Å². The molecule has 1 aromatic carbocycles. The highest BCUT2D eigenvalue weighted by molar-refractivity contribution is 5.39. The highest BCUT2D eigenvalue weighted by Gasteiger charge is 2.49. The van der Waals surface area contributed by atoms with Crippen LogP contribution in [-0.4, -0.2) is 71.0 Å². The van der Waals surface area contributed by atoms with Crippen LogP contribution >= 0.6 is 0 Å². The number of hydrogen-bond acceptors (Lipinski definition) is 4. The molecule has 4 heteroatoms. The Labute approximate surface area is 163 Å². The van der Waals surface area contributed by atoms with Gasteiger partial charge in [-0.15, -0.1) is 0 Å². The first-order valence-corrected chi connectivity index (χ1v) is 10.5. The van der Waals surface area contributed by atoms with Crippen LogP contribution in [0.2, 0.25) is 0 Å². The van der Waals surface area contributed by atoms with Gasteiger partial charge < -0.3 is 15.1 Å². The Morgan fingerprint density at radius 2 is 1.89 bits per heavy atom. The van der Waals surface area contributed by atoms with Crippen molar-refractivity contribution in [2.45, 2.75) is 56.7 Å². The topological polar surface area (TPSA) is 46.9 Å². The molecule has 146 valence electrons. The summed E-state index contributed by atoms with van der Waals surface area (Å²) >= 11 is 0. The summed E-state index contributed by atoms with van der Waals surface area (Å²) in [4.78, 5) is 5.22. The monoisotopic (exact) mass is 368 g/mol. The average molecular weight is 369 g/mol. The zero-order chi connectivity index (χ0) is 18.8. The van der Waals surface area contributed by atoms with E-state index in [1.54, 1.807) is 6.92 Å². The molecule has 4 atom stereocenters. The van der Waals surface area contributed by atoms with E-state index in [-0.39, 0.29) is 12.6 Å². The number of fused-ring (bicyclic) bond motifs is 1. The summed E-state index contributed by atoms with van der Waals surface area (Å²) in [5, 5.41) is 19.4. The van der Waals surface area contributed by atoms with E-state index >= 15 is 0 Å². The maximum Gasteiger partial charge on any atom is 0.112 e. The number of benzene rings is 1. The summed E-state index contributed by atoms with van der Waals surface area (Å²) in [6.07, 6.45) is 4.71. The molecule has 27 heavy (non-hydrogen) atoms. The molecule has 1 saturated carbocycles. The maximum atomic E-state index is 10.0. The Morgan fingerprint density at radius 1 is 1.15 bits per heavy atom.